The molecule has 0 amide bonds. The maximum Gasteiger partial charge on any atom is 0.278 e. The third-order valence-corrected chi connectivity index (χ3v) is 2.66. The molecule has 5 nitrogen and oxygen atoms in total. The van der Waals surface area contributed by atoms with E-state index in [1.807, 2.05) is 0 Å². The van der Waals surface area contributed by atoms with Crippen LogP contribution >= 0.6 is 11.6 Å². The first kappa shape index (κ1) is 10.9. The molecule has 16 heavy (non-hydrogen) atoms. The van der Waals surface area contributed by atoms with Crippen LogP contribution in [-0.2, 0) is 4.84 Å². The highest BCUT2D eigenvalue weighted by Crippen LogP contribution is 2.24. The fraction of sp³-hybridized carbons (Fsp3) is 0.300. The SMILES string of the molecule is O=[N+]([O-])c1ccccc1C1=NOC(CCl)C1. The van der Waals surface area contributed by atoms with E-state index < -0.39 is 4.92 Å². The summed E-state index contributed by atoms with van der Waals surface area (Å²) >= 11 is 5.63. The fourth-order valence-corrected chi connectivity index (χ4v) is 1.71. The number of rotatable bonds is 3. The van der Waals surface area contributed by atoms with Crippen LogP contribution in [0.25, 0.3) is 0 Å². The predicted octanol–water partition coefficient (Wildman–Crippen LogP) is 2.33. The summed E-state index contributed by atoms with van der Waals surface area (Å²) in [5.41, 5.74) is 1.12. The minimum Gasteiger partial charge on any atom is -0.391 e. The molecule has 2 rings (SSSR count). The minimum absolute atomic E-state index is 0.0417. The van der Waals surface area contributed by atoms with E-state index in [9.17, 15) is 10.1 Å². The lowest BCUT2D eigenvalue weighted by Crippen LogP contribution is -2.10. The standard InChI is InChI=1S/C10H9ClN2O3/c11-6-7-5-9(12-16-7)8-3-1-2-4-10(8)13(14)15/h1-4,7H,5-6H2. The molecule has 1 aliphatic rings. The van der Waals surface area contributed by atoms with Gasteiger partial charge in [0.05, 0.1) is 22.1 Å². The Bertz CT molecular complexity index is 447. The average molecular weight is 241 g/mol. The van der Waals surface area contributed by atoms with Crippen molar-refractivity contribution in [3.8, 4) is 0 Å². The summed E-state index contributed by atoms with van der Waals surface area (Å²) in [5.74, 6) is 0.327. The van der Waals surface area contributed by atoms with Gasteiger partial charge >= 0.3 is 0 Å². The highest BCUT2D eigenvalue weighted by molar-refractivity contribution is 6.18. The van der Waals surface area contributed by atoms with Gasteiger partial charge in [0.2, 0.25) is 0 Å². The third-order valence-electron chi connectivity index (χ3n) is 2.32. The van der Waals surface area contributed by atoms with Crippen LogP contribution in [0.3, 0.4) is 0 Å². The molecule has 6 heteroatoms. The number of hydrogen-bond acceptors (Lipinski definition) is 4. The van der Waals surface area contributed by atoms with E-state index in [-0.39, 0.29) is 11.8 Å². The van der Waals surface area contributed by atoms with Gasteiger partial charge in [-0.25, -0.2) is 0 Å². The van der Waals surface area contributed by atoms with Crippen molar-refractivity contribution in [1.29, 1.82) is 0 Å². The van der Waals surface area contributed by atoms with Crippen molar-refractivity contribution in [2.24, 2.45) is 5.16 Å². The summed E-state index contributed by atoms with van der Waals surface area (Å²) < 4.78 is 0. The Morgan fingerprint density at radius 2 is 2.31 bits per heavy atom. The molecule has 0 bridgehead atoms. The number of alkyl halides is 1. The van der Waals surface area contributed by atoms with Gasteiger partial charge in [-0.2, -0.15) is 0 Å². The Kier molecular flexibility index (Phi) is 3.05. The van der Waals surface area contributed by atoms with E-state index in [4.69, 9.17) is 16.4 Å². The normalized spacial score (nSPS) is 19.1. The predicted molar refractivity (Wildman–Crippen MR) is 59.8 cm³/mol. The lowest BCUT2D eigenvalue weighted by atomic mass is 10.0. The van der Waals surface area contributed by atoms with Gasteiger partial charge in [0.15, 0.2) is 0 Å². The Hall–Kier alpha value is -1.62. The van der Waals surface area contributed by atoms with Crippen LogP contribution in [-0.4, -0.2) is 22.6 Å². The lowest BCUT2D eigenvalue weighted by Gasteiger charge is -2.01. The van der Waals surface area contributed by atoms with Crippen molar-refractivity contribution in [3.63, 3.8) is 0 Å². The Morgan fingerprint density at radius 1 is 1.56 bits per heavy atom. The molecular weight excluding hydrogens is 232 g/mol. The number of oxime groups is 1. The first-order chi connectivity index (χ1) is 7.72. The van der Waals surface area contributed by atoms with Crippen molar-refractivity contribution < 1.29 is 9.76 Å². The molecule has 1 unspecified atom stereocenters. The van der Waals surface area contributed by atoms with Crippen molar-refractivity contribution >= 4 is 23.0 Å². The summed E-state index contributed by atoms with van der Waals surface area (Å²) in [7, 11) is 0. The zero-order valence-corrected chi connectivity index (χ0v) is 9.05. The summed E-state index contributed by atoms with van der Waals surface area (Å²) in [6.45, 7) is 0. The molecule has 1 aromatic rings. The van der Waals surface area contributed by atoms with Crippen LogP contribution < -0.4 is 0 Å². The van der Waals surface area contributed by atoms with Crippen molar-refractivity contribution in [1.82, 2.24) is 0 Å². The number of halogens is 1. The zero-order chi connectivity index (χ0) is 11.5. The van der Waals surface area contributed by atoms with E-state index in [0.717, 1.165) is 0 Å². The molecular formula is C10H9ClN2O3. The summed E-state index contributed by atoms with van der Waals surface area (Å²) in [6, 6.07) is 6.47. The van der Waals surface area contributed by atoms with Gasteiger partial charge in [-0.3, -0.25) is 10.1 Å². The minimum atomic E-state index is -0.425. The van der Waals surface area contributed by atoms with E-state index in [1.54, 1.807) is 18.2 Å². The molecule has 0 N–H and O–H groups in total. The van der Waals surface area contributed by atoms with Crippen LogP contribution in [0, 0.1) is 10.1 Å². The molecule has 0 spiro atoms. The monoisotopic (exact) mass is 240 g/mol. The lowest BCUT2D eigenvalue weighted by molar-refractivity contribution is -0.385. The number of nitro groups is 1. The second-order valence-corrected chi connectivity index (χ2v) is 3.71. The van der Waals surface area contributed by atoms with Gasteiger partial charge in [0, 0.05) is 12.5 Å². The van der Waals surface area contributed by atoms with Gasteiger partial charge in [-0.1, -0.05) is 17.3 Å². The van der Waals surface area contributed by atoms with Crippen LogP contribution in [0.4, 0.5) is 5.69 Å². The van der Waals surface area contributed by atoms with Crippen LogP contribution in [0.5, 0.6) is 0 Å². The number of benzene rings is 1. The van der Waals surface area contributed by atoms with Gasteiger partial charge in [0.1, 0.15) is 6.10 Å². The van der Waals surface area contributed by atoms with E-state index in [0.29, 0.717) is 23.6 Å². The average Bonchev–Trinajstić information content (AvgIpc) is 2.77. The van der Waals surface area contributed by atoms with Gasteiger partial charge in [-0.15, -0.1) is 11.6 Å². The van der Waals surface area contributed by atoms with E-state index in [2.05, 4.69) is 5.16 Å². The number of nitro benzene ring substituents is 1. The molecule has 0 saturated carbocycles. The smallest absolute Gasteiger partial charge is 0.278 e. The zero-order valence-electron chi connectivity index (χ0n) is 8.30. The highest BCUT2D eigenvalue weighted by Gasteiger charge is 2.26. The molecule has 0 fully saturated rings. The first-order valence-corrected chi connectivity index (χ1v) is 5.28. The quantitative estimate of drug-likeness (QED) is 0.463. The maximum absolute atomic E-state index is 10.8. The van der Waals surface area contributed by atoms with Crippen molar-refractivity contribution in [2.45, 2.75) is 12.5 Å². The first-order valence-electron chi connectivity index (χ1n) is 4.75. The van der Waals surface area contributed by atoms with Crippen molar-refractivity contribution in [2.75, 3.05) is 5.88 Å². The molecule has 84 valence electrons. The number of para-hydroxylation sites is 1. The second kappa shape index (κ2) is 4.49. The Morgan fingerprint density at radius 3 is 2.94 bits per heavy atom. The third kappa shape index (κ3) is 1.99. The molecule has 1 aliphatic heterocycles. The van der Waals surface area contributed by atoms with Crippen LogP contribution in [0.2, 0.25) is 0 Å². The van der Waals surface area contributed by atoms with Crippen molar-refractivity contribution in [3.05, 3.63) is 39.9 Å². The molecule has 0 radical (unpaired) electrons. The second-order valence-electron chi connectivity index (χ2n) is 3.40. The molecule has 1 aromatic carbocycles. The Balaban J connectivity index is 2.31. The summed E-state index contributed by atoms with van der Waals surface area (Å²) in [6.07, 6.45) is 0.324. The fourth-order valence-electron chi connectivity index (χ4n) is 1.55. The molecule has 1 heterocycles. The van der Waals surface area contributed by atoms with Crippen LogP contribution in [0.15, 0.2) is 29.4 Å². The number of hydrogen-bond donors (Lipinski definition) is 0. The van der Waals surface area contributed by atoms with E-state index >= 15 is 0 Å². The highest BCUT2D eigenvalue weighted by atomic mass is 35.5. The summed E-state index contributed by atoms with van der Waals surface area (Å²) in [5, 5.41) is 14.6. The van der Waals surface area contributed by atoms with Gasteiger partial charge in [0.25, 0.3) is 5.69 Å². The summed E-state index contributed by atoms with van der Waals surface area (Å²) in [4.78, 5) is 15.4. The molecule has 1 atom stereocenters. The number of nitrogens with zero attached hydrogens (tertiary/aromatic N) is 2. The molecule has 0 saturated heterocycles. The van der Waals surface area contributed by atoms with Gasteiger partial charge in [-0.05, 0) is 6.07 Å². The van der Waals surface area contributed by atoms with E-state index in [1.165, 1.54) is 6.07 Å². The maximum atomic E-state index is 10.8. The van der Waals surface area contributed by atoms with Gasteiger partial charge < -0.3 is 4.84 Å². The molecule has 0 aromatic heterocycles. The largest absolute Gasteiger partial charge is 0.391 e. The Labute approximate surface area is 96.8 Å². The topological polar surface area (TPSA) is 64.7 Å². The molecule has 0 aliphatic carbocycles. The van der Waals surface area contributed by atoms with Crippen LogP contribution in [0.1, 0.15) is 12.0 Å².